The van der Waals surface area contributed by atoms with E-state index in [2.05, 4.69) is 6.07 Å². The fourth-order valence-electron chi connectivity index (χ4n) is 1.96. The topological polar surface area (TPSA) is 51.5 Å². The summed E-state index contributed by atoms with van der Waals surface area (Å²) in [7, 11) is 1.07. The molecule has 0 aromatic heterocycles. The van der Waals surface area contributed by atoms with Gasteiger partial charge in [0.2, 0.25) is 0 Å². The number of rotatable bonds is 2. The first-order valence-corrected chi connectivity index (χ1v) is 6.24. The molecule has 0 unspecified atom stereocenters. The van der Waals surface area contributed by atoms with Crippen molar-refractivity contribution in [3.05, 3.63) is 23.8 Å². The van der Waals surface area contributed by atoms with Gasteiger partial charge in [-0.3, -0.25) is 0 Å². The zero-order chi connectivity index (χ0) is 14.3. The average molecular weight is 259 g/mol. The SMILES string of the molecule is COc1ccc(C#N)cc1B1OC(C)(C)C(C)(C)O1. The van der Waals surface area contributed by atoms with Crippen molar-refractivity contribution in [2.75, 3.05) is 7.11 Å². The summed E-state index contributed by atoms with van der Waals surface area (Å²) in [5.74, 6) is 0.664. The van der Waals surface area contributed by atoms with Crippen LogP contribution in [-0.4, -0.2) is 25.4 Å². The van der Waals surface area contributed by atoms with Crippen molar-refractivity contribution in [1.82, 2.24) is 0 Å². The van der Waals surface area contributed by atoms with Crippen molar-refractivity contribution in [3.63, 3.8) is 0 Å². The minimum absolute atomic E-state index is 0.411. The van der Waals surface area contributed by atoms with Gasteiger partial charge in [-0.1, -0.05) is 0 Å². The zero-order valence-corrected chi connectivity index (χ0v) is 12.0. The first-order chi connectivity index (χ1) is 8.80. The van der Waals surface area contributed by atoms with Crippen LogP contribution in [0.5, 0.6) is 5.75 Å². The van der Waals surface area contributed by atoms with Crippen molar-refractivity contribution in [3.8, 4) is 11.8 Å². The van der Waals surface area contributed by atoms with Crippen LogP contribution < -0.4 is 10.2 Å². The van der Waals surface area contributed by atoms with E-state index in [1.807, 2.05) is 27.7 Å². The van der Waals surface area contributed by atoms with Gasteiger partial charge in [-0.2, -0.15) is 5.26 Å². The molecule has 0 bridgehead atoms. The maximum absolute atomic E-state index is 9.00. The van der Waals surface area contributed by atoms with E-state index >= 15 is 0 Å². The smallest absolute Gasteiger partial charge is 0.497 e. The summed E-state index contributed by atoms with van der Waals surface area (Å²) in [6.45, 7) is 7.97. The van der Waals surface area contributed by atoms with Crippen LogP contribution >= 0.6 is 0 Å². The Labute approximate surface area is 114 Å². The third kappa shape index (κ3) is 2.34. The van der Waals surface area contributed by atoms with Gasteiger partial charge in [0.25, 0.3) is 0 Å². The lowest BCUT2D eigenvalue weighted by atomic mass is 9.77. The van der Waals surface area contributed by atoms with Crippen LogP contribution in [0, 0.1) is 11.3 Å². The third-order valence-electron chi connectivity index (χ3n) is 3.87. The fraction of sp³-hybridized carbons (Fsp3) is 0.500. The van der Waals surface area contributed by atoms with Crippen LogP contribution in [0.2, 0.25) is 0 Å². The molecule has 1 fully saturated rings. The van der Waals surface area contributed by atoms with Crippen molar-refractivity contribution in [2.45, 2.75) is 38.9 Å². The molecule has 4 nitrogen and oxygen atoms in total. The molecule has 2 rings (SSSR count). The fourth-order valence-corrected chi connectivity index (χ4v) is 1.96. The number of nitriles is 1. The largest absolute Gasteiger partial charge is 0.498 e. The van der Waals surface area contributed by atoms with Gasteiger partial charge < -0.3 is 14.0 Å². The summed E-state index contributed by atoms with van der Waals surface area (Å²) in [6.07, 6.45) is 0. The molecule has 1 heterocycles. The highest BCUT2D eigenvalue weighted by atomic mass is 16.7. The zero-order valence-electron chi connectivity index (χ0n) is 12.0. The standard InChI is InChI=1S/C14H18BNO3/c1-13(2)14(3,4)19-15(18-13)11-8-10(9-16)6-7-12(11)17-5/h6-8H,1-5H3. The van der Waals surface area contributed by atoms with E-state index in [4.69, 9.17) is 19.3 Å². The molecule has 1 aliphatic rings. The molecule has 0 atom stereocenters. The van der Waals surface area contributed by atoms with E-state index in [1.165, 1.54) is 0 Å². The molecule has 1 saturated heterocycles. The average Bonchev–Trinajstić information content (AvgIpc) is 2.57. The van der Waals surface area contributed by atoms with Crippen LogP contribution in [0.1, 0.15) is 33.3 Å². The molecule has 100 valence electrons. The molecule has 1 aliphatic heterocycles. The second kappa shape index (κ2) is 4.55. The molecule has 0 N–H and O–H groups in total. The minimum atomic E-state index is -0.520. The summed E-state index contributed by atoms with van der Waals surface area (Å²) in [6, 6.07) is 7.35. The van der Waals surface area contributed by atoms with E-state index in [9.17, 15) is 0 Å². The first-order valence-electron chi connectivity index (χ1n) is 6.24. The van der Waals surface area contributed by atoms with E-state index in [-0.39, 0.29) is 0 Å². The summed E-state index contributed by atoms with van der Waals surface area (Å²) >= 11 is 0. The van der Waals surface area contributed by atoms with E-state index < -0.39 is 18.3 Å². The second-order valence-electron chi connectivity index (χ2n) is 5.66. The Morgan fingerprint density at radius 3 is 2.21 bits per heavy atom. The maximum Gasteiger partial charge on any atom is 0.498 e. The van der Waals surface area contributed by atoms with Gasteiger partial charge in [0, 0.05) is 5.46 Å². The molecule has 5 heteroatoms. The summed E-state index contributed by atoms with van der Waals surface area (Å²) in [4.78, 5) is 0. The highest BCUT2D eigenvalue weighted by Gasteiger charge is 2.52. The van der Waals surface area contributed by atoms with Crippen LogP contribution in [0.4, 0.5) is 0 Å². The molecular formula is C14H18BNO3. The summed E-state index contributed by atoms with van der Waals surface area (Å²) in [5.41, 5.74) is 0.488. The van der Waals surface area contributed by atoms with Gasteiger partial charge in [0.15, 0.2) is 0 Å². The Bertz CT molecular complexity index is 518. The second-order valence-corrected chi connectivity index (χ2v) is 5.66. The van der Waals surface area contributed by atoms with Gasteiger partial charge in [-0.15, -0.1) is 0 Å². The van der Waals surface area contributed by atoms with Crippen molar-refractivity contribution < 1.29 is 14.0 Å². The minimum Gasteiger partial charge on any atom is -0.497 e. The third-order valence-corrected chi connectivity index (χ3v) is 3.87. The summed E-state index contributed by atoms with van der Waals surface area (Å²) < 4.78 is 17.3. The van der Waals surface area contributed by atoms with Gasteiger partial charge >= 0.3 is 7.12 Å². The van der Waals surface area contributed by atoms with E-state index in [1.54, 1.807) is 25.3 Å². The quantitative estimate of drug-likeness (QED) is 0.761. The number of hydrogen-bond donors (Lipinski definition) is 0. The highest BCUT2D eigenvalue weighted by Crippen LogP contribution is 2.37. The van der Waals surface area contributed by atoms with Gasteiger partial charge in [0.05, 0.1) is 29.9 Å². The molecular weight excluding hydrogens is 241 g/mol. The van der Waals surface area contributed by atoms with Gasteiger partial charge in [0.1, 0.15) is 5.75 Å². The number of nitrogens with zero attached hydrogens (tertiary/aromatic N) is 1. The van der Waals surface area contributed by atoms with Gasteiger partial charge in [-0.25, -0.2) is 0 Å². The molecule has 0 spiro atoms. The lowest BCUT2D eigenvalue weighted by molar-refractivity contribution is 0.00578. The van der Waals surface area contributed by atoms with E-state index in [0.717, 1.165) is 5.46 Å². The lowest BCUT2D eigenvalue weighted by Gasteiger charge is -2.32. The normalized spacial score (nSPS) is 20.1. The highest BCUT2D eigenvalue weighted by molar-refractivity contribution is 6.63. The molecule has 1 aromatic carbocycles. The van der Waals surface area contributed by atoms with Crippen LogP contribution in [0.15, 0.2) is 18.2 Å². The number of benzene rings is 1. The Balaban J connectivity index is 2.41. The maximum atomic E-state index is 9.00. The Morgan fingerprint density at radius 1 is 1.16 bits per heavy atom. The number of ether oxygens (including phenoxy) is 1. The van der Waals surface area contributed by atoms with E-state index in [0.29, 0.717) is 11.3 Å². The van der Waals surface area contributed by atoms with Gasteiger partial charge in [-0.05, 0) is 45.9 Å². The Kier molecular flexibility index (Phi) is 3.33. The predicted octanol–water partition coefficient (Wildman–Crippen LogP) is 1.87. The molecule has 0 amide bonds. The van der Waals surface area contributed by atoms with Crippen LogP contribution in [0.25, 0.3) is 0 Å². The first kappa shape index (κ1) is 13.9. The molecule has 19 heavy (non-hydrogen) atoms. The molecule has 0 saturated carbocycles. The molecule has 1 aromatic rings. The molecule has 0 aliphatic carbocycles. The predicted molar refractivity (Wildman–Crippen MR) is 73.4 cm³/mol. The van der Waals surface area contributed by atoms with Crippen LogP contribution in [-0.2, 0) is 9.31 Å². The van der Waals surface area contributed by atoms with Crippen LogP contribution in [0.3, 0.4) is 0 Å². The van der Waals surface area contributed by atoms with Crippen molar-refractivity contribution >= 4 is 12.6 Å². The number of hydrogen-bond acceptors (Lipinski definition) is 4. The Hall–Kier alpha value is -1.51. The van der Waals surface area contributed by atoms with Crippen molar-refractivity contribution in [1.29, 1.82) is 5.26 Å². The monoisotopic (exact) mass is 259 g/mol. The molecule has 0 radical (unpaired) electrons. The number of methoxy groups -OCH3 is 1. The Morgan fingerprint density at radius 2 is 1.74 bits per heavy atom. The summed E-state index contributed by atoms with van der Waals surface area (Å²) in [5, 5.41) is 9.00. The van der Waals surface area contributed by atoms with Crippen molar-refractivity contribution in [2.24, 2.45) is 0 Å². The lowest BCUT2D eigenvalue weighted by Crippen LogP contribution is -2.41.